The van der Waals surface area contributed by atoms with E-state index in [-0.39, 0.29) is 0 Å². The monoisotopic (exact) mass is 371 g/mol. The van der Waals surface area contributed by atoms with Gasteiger partial charge in [-0.1, -0.05) is 24.6 Å². The topological polar surface area (TPSA) is 43.9 Å². The van der Waals surface area contributed by atoms with Crippen LogP contribution in [0.3, 0.4) is 0 Å². The highest BCUT2D eigenvalue weighted by Crippen LogP contribution is 2.27. The molecular weight excluding hydrogens is 346 g/mol. The largest absolute Gasteiger partial charge is 0.369 e. The Hall–Kier alpha value is -0.820. The molecule has 0 atom stereocenters. The molecule has 0 saturated carbocycles. The molecule has 2 fully saturated rings. The van der Waals surface area contributed by atoms with Crippen LogP contribution in [-0.2, 0) is 10.2 Å². The molecule has 1 aromatic carbocycles. The van der Waals surface area contributed by atoms with Crippen molar-refractivity contribution < 1.29 is 8.42 Å². The Labute approximate surface area is 150 Å². The maximum atomic E-state index is 12.8. The van der Waals surface area contributed by atoms with Crippen molar-refractivity contribution >= 4 is 27.5 Å². The number of aryl methyl sites for hydroxylation is 1. The number of piperazine rings is 1. The average Bonchev–Trinajstić information content (AvgIpc) is 2.57. The molecule has 0 N–H and O–H groups in total. The second kappa shape index (κ2) is 7.20. The Bertz CT molecular complexity index is 679. The lowest BCUT2D eigenvalue weighted by Gasteiger charge is -2.39. The molecule has 2 aliphatic rings. The summed E-state index contributed by atoms with van der Waals surface area (Å²) < 4.78 is 28.9. The minimum absolute atomic E-state index is 0.528. The van der Waals surface area contributed by atoms with E-state index in [1.54, 1.807) is 8.61 Å². The second-order valence-corrected chi connectivity index (χ2v) is 9.27. The predicted molar refractivity (Wildman–Crippen MR) is 98.9 cm³/mol. The van der Waals surface area contributed by atoms with Crippen LogP contribution in [0.2, 0.25) is 5.02 Å². The van der Waals surface area contributed by atoms with Crippen molar-refractivity contribution in [2.45, 2.75) is 26.7 Å². The SMILES string of the molecule is Cc1ccc(Cl)cc1N1CCN(S(=O)(=O)N2CCC(C)CC2)CC1. The molecule has 7 heteroatoms. The third-order valence-electron chi connectivity index (χ3n) is 5.15. The lowest BCUT2D eigenvalue weighted by atomic mass is 10.0. The molecule has 134 valence electrons. The molecule has 1 aromatic rings. The molecule has 0 unspecified atom stereocenters. The minimum atomic E-state index is -3.32. The maximum absolute atomic E-state index is 12.8. The van der Waals surface area contributed by atoms with Crippen LogP contribution in [0.4, 0.5) is 5.69 Å². The molecule has 0 aromatic heterocycles. The zero-order valence-electron chi connectivity index (χ0n) is 14.4. The summed E-state index contributed by atoms with van der Waals surface area (Å²) in [6.45, 7) is 8.00. The summed E-state index contributed by atoms with van der Waals surface area (Å²) in [6, 6.07) is 5.86. The normalized spacial score (nSPS) is 22.0. The molecule has 0 radical (unpaired) electrons. The van der Waals surface area contributed by atoms with E-state index in [1.165, 1.54) is 5.56 Å². The Balaban J connectivity index is 1.65. The number of hydrogen-bond acceptors (Lipinski definition) is 3. The summed E-state index contributed by atoms with van der Waals surface area (Å²) >= 11 is 6.11. The Morgan fingerprint density at radius 3 is 2.21 bits per heavy atom. The summed E-state index contributed by atoms with van der Waals surface area (Å²) in [5, 5.41) is 0.716. The van der Waals surface area contributed by atoms with Gasteiger partial charge in [-0.2, -0.15) is 17.0 Å². The van der Waals surface area contributed by atoms with Crippen LogP contribution >= 0.6 is 11.6 Å². The van der Waals surface area contributed by atoms with E-state index in [2.05, 4.69) is 18.7 Å². The molecule has 2 heterocycles. The molecule has 24 heavy (non-hydrogen) atoms. The first kappa shape index (κ1) is 18.0. The van der Waals surface area contributed by atoms with Crippen molar-refractivity contribution in [3.8, 4) is 0 Å². The fourth-order valence-electron chi connectivity index (χ4n) is 3.46. The maximum Gasteiger partial charge on any atom is 0.282 e. The summed E-state index contributed by atoms with van der Waals surface area (Å²) in [4.78, 5) is 2.23. The summed E-state index contributed by atoms with van der Waals surface area (Å²) in [5.74, 6) is 0.624. The first-order valence-electron chi connectivity index (χ1n) is 8.64. The predicted octanol–water partition coefficient (Wildman–Crippen LogP) is 2.75. The third-order valence-corrected chi connectivity index (χ3v) is 7.42. The van der Waals surface area contributed by atoms with Gasteiger partial charge in [-0.05, 0) is 43.4 Å². The van der Waals surface area contributed by atoms with Crippen molar-refractivity contribution in [1.29, 1.82) is 0 Å². The van der Waals surface area contributed by atoms with E-state index in [0.717, 1.165) is 18.5 Å². The molecule has 0 amide bonds. The van der Waals surface area contributed by atoms with Gasteiger partial charge in [0.2, 0.25) is 0 Å². The average molecular weight is 372 g/mol. The summed E-state index contributed by atoms with van der Waals surface area (Å²) in [6.07, 6.45) is 1.92. The molecular formula is C17H26ClN3O2S. The highest BCUT2D eigenvalue weighted by atomic mass is 35.5. The first-order chi connectivity index (χ1) is 11.4. The Morgan fingerprint density at radius 1 is 1.00 bits per heavy atom. The van der Waals surface area contributed by atoms with Gasteiger partial charge >= 0.3 is 0 Å². The number of hydrogen-bond donors (Lipinski definition) is 0. The quantitative estimate of drug-likeness (QED) is 0.820. The van der Waals surface area contributed by atoms with E-state index in [1.807, 2.05) is 18.2 Å². The smallest absolute Gasteiger partial charge is 0.282 e. The zero-order chi connectivity index (χ0) is 17.3. The number of benzene rings is 1. The van der Waals surface area contributed by atoms with E-state index in [0.29, 0.717) is 50.2 Å². The molecule has 3 rings (SSSR count). The minimum Gasteiger partial charge on any atom is -0.369 e. The Morgan fingerprint density at radius 2 is 1.58 bits per heavy atom. The fraction of sp³-hybridized carbons (Fsp3) is 0.647. The number of piperidine rings is 1. The van der Waals surface area contributed by atoms with Crippen LogP contribution in [-0.4, -0.2) is 56.3 Å². The molecule has 5 nitrogen and oxygen atoms in total. The van der Waals surface area contributed by atoms with E-state index >= 15 is 0 Å². The zero-order valence-corrected chi connectivity index (χ0v) is 16.0. The van der Waals surface area contributed by atoms with E-state index in [9.17, 15) is 8.42 Å². The van der Waals surface area contributed by atoms with Gasteiger partial charge in [0, 0.05) is 50.0 Å². The van der Waals surface area contributed by atoms with Gasteiger partial charge in [0.05, 0.1) is 0 Å². The van der Waals surface area contributed by atoms with Crippen LogP contribution in [0.25, 0.3) is 0 Å². The lowest BCUT2D eigenvalue weighted by molar-refractivity contribution is 0.260. The van der Waals surface area contributed by atoms with Crippen LogP contribution < -0.4 is 4.90 Å². The second-order valence-electron chi connectivity index (χ2n) is 6.91. The van der Waals surface area contributed by atoms with Gasteiger partial charge in [-0.25, -0.2) is 0 Å². The van der Waals surface area contributed by atoms with Crippen LogP contribution in [0, 0.1) is 12.8 Å². The van der Waals surface area contributed by atoms with Gasteiger partial charge in [-0.3, -0.25) is 0 Å². The van der Waals surface area contributed by atoms with Gasteiger partial charge in [0.15, 0.2) is 0 Å². The molecule has 0 spiro atoms. The molecule has 2 aliphatic heterocycles. The van der Waals surface area contributed by atoms with Crippen molar-refractivity contribution in [3.05, 3.63) is 28.8 Å². The Kier molecular flexibility index (Phi) is 5.39. The molecule has 0 aliphatic carbocycles. The van der Waals surface area contributed by atoms with Crippen LogP contribution in [0.15, 0.2) is 18.2 Å². The number of anilines is 1. The first-order valence-corrected chi connectivity index (χ1v) is 10.4. The van der Waals surface area contributed by atoms with Crippen molar-refractivity contribution in [3.63, 3.8) is 0 Å². The third kappa shape index (κ3) is 3.72. The van der Waals surface area contributed by atoms with Crippen molar-refractivity contribution in [2.24, 2.45) is 5.92 Å². The van der Waals surface area contributed by atoms with Gasteiger partial charge in [0.25, 0.3) is 10.2 Å². The number of rotatable bonds is 3. The van der Waals surface area contributed by atoms with Crippen LogP contribution in [0.5, 0.6) is 0 Å². The van der Waals surface area contributed by atoms with Gasteiger partial charge in [-0.15, -0.1) is 0 Å². The highest BCUT2D eigenvalue weighted by molar-refractivity contribution is 7.86. The summed E-state index contributed by atoms with van der Waals surface area (Å²) in [7, 11) is -3.32. The van der Waals surface area contributed by atoms with Crippen LogP contribution in [0.1, 0.15) is 25.3 Å². The number of halogens is 1. The van der Waals surface area contributed by atoms with E-state index < -0.39 is 10.2 Å². The van der Waals surface area contributed by atoms with E-state index in [4.69, 9.17) is 11.6 Å². The summed E-state index contributed by atoms with van der Waals surface area (Å²) in [5.41, 5.74) is 2.27. The highest BCUT2D eigenvalue weighted by Gasteiger charge is 2.34. The lowest BCUT2D eigenvalue weighted by Crippen LogP contribution is -2.54. The van der Waals surface area contributed by atoms with Gasteiger partial charge < -0.3 is 4.90 Å². The van der Waals surface area contributed by atoms with Crippen molar-refractivity contribution in [1.82, 2.24) is 8.61 Å². The standard InChI is InChI=1S/C17H26ClN3O2S/c1-14-5-7-20(8-6-14)24(22,23)21-11-9-19(10-12-21)17-13-16(18)4-3-15(17)2/h3-4,13-14H,5-12H2,1-2H3. The van der Waals surface area contributed by atoms with Crippen molar-refractivity contribution in [2.75, 3.05) is 44.2 Å². The fourth-order valence-corrected chi connectivity index (χ4v) is 5.25. The van der Waals surface area contributed by atoms with Gasteiger partial charge in [0.1, 0.15) is 0 Å². The number of nitrogens with zero attached hydrogens (tertiary/aromatic N) is 3. The molecule has 2 saturated heterocycles. The molecule has 0 bridgehead atoms.